The van der Waals surface area contributed by atoms with Gasteiger partial charge >= 0.3 is 6.18 Å². The van der Waals surface area contributed by atoms with E-state index in [0.717, 1.165) is 43.8 Å². The maximum absolute atomic E-state index is 12.9. The molecule has 2 aliphatic rings. The SMILES string of the molecule is CN1CCN(c2ccc(N3C[C@H](Nc4cncc(C(F)(F)F)n4)[C@@H](O)[C@@H](O)C3)cc2)CC1. The summed E-state index contributed by atoms with van der Waals surface area (Å²) >= 11 is 0. The lowest BCUT2D eigenvalue weighted by atomic mass is 9.98. The van der Waals surface area contributed by atoms with Crippen molar-refractivity contribution < 1.29 is 23.4 Å². The van der Waals surface area contributed by atoms with Crippen LogP contribution in [0.4, 0.5) is 30.4 Å². The van der Waals surface area contributed by atoms with E-state index in [9.17, 15) is 23.4 Å². The molecule has 0 radical (unpaired) electrons. The summed E-state index contributed by atoms with van der Waals surface area (Å²) in [5.74, 6) is -0.108. The predicted octanol–water partition coefficient (Wildman–Crippen LogP) is 1.27. The number of hydrogen-bond donors (Lipinski definition) is 3. The van der Waals surface area contributed by atoms with Gasteiger partial charge in [0.25, 0.3) is 0 Å². The average Bonchev–Trinajstić information content (AvgIpc) is 2.77. The third kappa shape index (κ3) is 5.05. The van der Waals surface area contributed by atoms with Crippen LogP contribution in [0.1, 0.15) is 5.69 Å². The smallest absolute Gasteiger partial charge is 0.388 e. The Morgan fingerprint density at radius 2 is 1.56 bits per heavy atom. The van der Waals surface area contributed by atoms with Crippen LogP contribution < -0.4 is 15.1 Å². The van der Waals surface area contributed by atoms with Gasteiger partial charge in [0.15, 0.2) is 5.69 Å². The van der Waals surface area contributed by atoms with Crippen molar-refractivity contribution >= 4 is 17.2 Å². The zero-order chi connectivity index (χ0) is 22.9. The van der Waals surface area contributed by atoms with Crippen molar-refractivity contribution in [2.75, 3.05) is 61.4 Å². The molecule has 0 spiro atoms. The number of aliphatic hydroxyl groups excluding tert-OH is 2. The first-order valence-corrected chi connectivity index (χ1v) is 10.5. The summed E-state index contributed by atoms with van der Waals surface area (Å²) in [5.41, 5.74) is 0.855. The second-order valence-electron chi connectivity index (χ2n) is 8.31. The fourth-order valence-electron chi connectivity index (χ4n) is 4.06. The molecule has 1 aromatic carbocycles. The monoisotopic (exact) mass is 452 g/mol. The highest BCUT2D eigenvalue weighted by Gasteiger charge is 2.36. The fraction of sp³-hybridized carbons (Fsp3) is 0.524. The molecule has 3 heterocycles. The molecule has 3 N–H and O–H groups in total. The van der Waals surface area contributed by atoms with E-state index in [1.165, 1.54) is 0 Å². The Bertz CT molecular complexity index is 905. The minimum Gasteiger partial charge on any atom is -0.388 e. The maximum Gasteiger partial charge on any atom is 0.434 e. The molecule has 0 unspecified atom stereocenters. The molecule has 32 heavy (non-hydrogen) atoms. The van der Waals surface area contributed by atoms with Gasteiger partial charge in [0.2, 0.25) is 0 Å². The lowest BCUT2D eigenvalue weighted by Crippen LogP contribution is -2.58. The van der Waals surface area contributed by atoms with Crippen molar-refractivity contribution in [1.29, 1.82) is 0 Å². The van der Waals surface area contributed by atoms with E-state index in [1.54, 1.807) is 0 Å². The Morgan fingerprint density at radius 3 is 2.19 bits per heavy atom. The van der Waals surface area contributed by atoms with Crippen molar-refractivity contribution in [1.82, 2.24) is 14.9 Å². The van der Waals surface area contributed by atoms with Gasteiger partial charge in [-0.15, -0.1) is 0 Å². The molecule has 3 atom stereocenters. The van der Waals surface area contributed by atoms with Crippen molar-refractivity contribution in [3.63, 3.8) is 0 Å². The molecular formula is C21H27F3N6O2. The summed E-state index contributed by atoms with van der Waals surface area (Å²) in [4.78, 5) is 13.6. The minimum absolute atomic E-state index is 0.108. The number of rotatable bonds is 4. The van der Waals surface area contributed by atoms with Gasteiger partial charge in [-0.3, -0.25) is 4.98 Å². The van der Waals surface area contributed by atoms with Crippen LogP contribution in [0.25, 0.3) is 0 Å². The number of likely N-dealkylation sites (N-methyl/N-ethyl adjacent to an activating group) is 1. The van der Waals surface area contributed by atoms with Gasteiger partial charge in [-0.25, -0.2) is 4.98 Å². The van der Waals surface area contributed by atoms with Gasteiger partial charge in [-0.05, 0) is 31.3 Å². The number of benzene rings is 1. The molecule has 0 bridgehead atoms. The molecule has 2 aromatic rings. The Balaban J connectivity index is 1.46. The summed E-state index contributed by atoms with van der Waals surface area (Å²) < 4.78 is 38.8. The van der Waals surface area contributed by atoms with Crippen LogP contribution >= 0.6 is 0 Å². The van der Waals surface area contributed by atoms with Crippen LogP contribution in [-0.2, 0) is 6.18 Å². The Kier molecular flexibility index (Phi) is 6.40. The lowest BCUT2D eigenvalue weighted by molar-refractivity contribution is -0.141. The summed E-state index contributed by atoms with van der Waals surface area (Å²) in [6, 6.07) is 7.24. The molecule has 11 heteroatoms. The second kappa shape index (κ2) is 9.08. The first-order chi connectivity index (χ1) is 15.2. The highest BCUT2D eigenvalue weighted by atomic mass is 19.4. The topological polar surface area (TPSA) is 88.0 Å². The predicted molar refractivity (Wildman–Crippen MR) is 115 cm³/mol. The van der Waals surface area contributed by atoms with Crippen LogP contribution in [-0.4, -0.2) is 89.6 Å². The first-order valence-electron chi connectivity index (χ1n) is 10.5. The van der Waals surface area contributed by atoms with Gasteiger partial charge in [0, 0.05) is 50.6 Å². The number of piperazine rings is 1. The maximum atomic E-state index is 12.9. The van der Waals surface area contributed by atoms with Gasteiger partial charge in [0.1, 0.15) is 11.9 Å². The quantitative estimate of drug-likeness (QED) is 0.640. The average molecular weight is 452 g/mol. The number of β-amino-alcohol motifs (C(OH)–C–C–N with tert-alkyl or cyclic N) is 1. The molecule has 1 aromatic heterocycles. The number of alkyl halides is 3. The zero-order valence-electron chi connectivity index (χ0n) is 17.7. The minimum atomic E-state index is -4.62. The number of halogens is 3. The Labute approximate surface area is 184 Å². The second-order valence-corrected chi connectivity index (χ2v) is 8.31. The largest absolute Gasteiger partial charge is 0.434 e. The number of piperidine rings is 1. The molecule has 174 valence electrons. The van der Waals surface area contributed by atoms with Crippen molar-refractivity contribution in [2.24, 2.45) is 0 Å². The summed E-state index contributed by atoms with van der Waals surface area (Å²) in [6.07, 6.45) is -5.04. The first kappa shape index (κ1) is 22.6. The number of nitrogens with one attached hydrogen (secondary N) is 1. The fourth-order valence-corrected chi connectivity index (χ4v) is 4.06. The van der Waals surface area contributed by atoms with Gasteiger partial charge in [0.05, 0.1) is 24.5 Å². The summed E-state index contributed by atoms with van der Waals surface area (Å²) in [6.45, 7) is 4.40. The molecule has 2 aliphatic heterocycles. The number of aliphatic hydroxyl groups is 2. The van der Waals surface area contributed by atoms with Crippen LogP contribution in [0.15, 0.2) is 36.7 Å². The molecule has 2 fully saturated rings. The van der Waals surface area contributed by atoms with Crippen LogP contribution in [0.2, 0.25) is 0 Å². The van der Waals surface area contributed by atoms with Gasteiger partial charge in [-0.1, -0.05) is 0 Å². The third-order valence-corrected chi connectivity index (χ3v) is 5.97. The van der Waals surface area contributed by atoms with Crippen LogP contribution in [0.5, 0.6) is 0 Å². The zero-order valence-corrected chi connectivity index (χ0v) is 17.7. The molecule has 8 nitrogen and oxygen atoms in total. The number of anilines is 3. The van der Waals surface area contributed by atoms with E-state index >= 15 is 0 Å². The van der Waals surface area contributed by atoms with Crippen LogP contribution in [0, 0.1) is 0 Å². The third-order valence-electron chi connectivity index (χ3n) is 5.97. The normalized spacial score (nSPS) is 25.1. The van der Waals surface area contributed by atoms with E-state index < -0.39 is 30.1 Å². The Morgan fingerprint density at radius 1 is 0.938 bits per heavy atom. The molecule has 0 saturated carbocycles. The Hall–Kier alpha value is -2.63. The van der Waals surface area contributed by atoms with Gasteiger partial charge < -0.3 is 30.2 Å². The molecular weight excluding hydrogens is 425 g/mol. The number of hydrogen-bond acceptors (Lipinski definition) is 8. The summed E-state index contributed by atoms with van der Waals surface area (Å²) in [5, 5.41) is 23.6. The highest BCUT2D eigenvalue weighted by molar-refractivity contribution is 5.57. The van der Waals surface area contributed by atoms with E-state index in [4.69, 9.17) is 0 Å². The van der Waals surface area contributed by atoms with Crippen molar-refractivity contribution in [2.45, 2.75) is 24.4 Å². The standard InChI is InChI=1S/C21H27F3N6O2/c1-28-6-8-29(9-7-28)14-2-4-15(5-3-14)30-12-16(20(32)17(31)13-30)26-19-11-25-10-18(27-19)21(22,23)24/h2-5,10-11,16-17,20,31-32H,6-9,12-13H2,1H3,(H,26,27)/t16-,17-,20+/m0/s1. The molecule has 0 aliphatic carbocycles. The van der Waals surface area contributed by atoms with E-state index in [1.807, 2.05) is 29.2 Å². The number of aromatic nitrogens is 2. The van der Waals surface area contributed by atoms with E-state index in [0.29, 0.717) is 6.20 Å². The van der Waals surface area contributed by atoms with Crippen LogP contribution in [0.3, 0.4) is 0 Å². The van der Waals surface area contributed by atoms with E-state index in [-0.39, 0.29) is 18.9 Å². The van der Waals surface area contributed by atoms with Gasteiger partial charge in [-0.2, -0.15) is 13.2 Å². The highest BCUT2D eigenvalue weighted by Crippen LogP contribution is 2.29. The van der Waals surface area contributed by atoms with Crippen molar-refractivity contribution in [3.05, 3.63) is 42.4 Å². The number of nitrogens with zero attached hydrogens (tertiary/aromatic N) is 5. The molecule has 4 rings (SSSR count). The van der Waals surface area contributed by atoms with Crippen molar-refractivity contribution in [3.8, 4) is 0 Å². The molecule has 0 amide bonds. The molecule has 2 saturated heterocycles. The van der Waals surface area contributed by atoms with E-state index in [2.05, 4.69) is 32.1 Å². The lowest BCUT2D eigenvalue weighted by Gasteiger charge is -2.41. The summed E-state index contributed by atoms with van der Waals surface area (Å²) in [7, 11) is 2.10.